The third-order valence-electron chi connectivity index (χ3n) is 3.81. The normalized spacial score (nSPS) is 17.0. The van der Waals surface area contributed by atoms with Crippen molar-refractivity contribution in [1.82, 2.24) is 9.88 Å². The number of amides is 1. The van der Waals surface area contributed by atoms with Crippen LogP contribution in [0.4, 0.5) is 4.39 Å². The topological polar surface area (TPSA) is 33.2 Å². The first-order valence-corrected chi connectivity index (χ1v) is 6.97. The van der Waals surface area contributed by atoms with E-state index in [2.05, 4.69) is 18.8 Å². The number of hydrogen-bond acceptors (Lipinski definition) is 2. The molecule has 0 aromatic carbocycles. The Morgan fingerprint density at radius 3 is 2.68 bits per heavy atom. The number of likely N-dealkylation sites (tertiary alicyclic amines) is 1. The van der Waals surface area contributed by atoms with Crippen molar-refractivity contribution in [2.45, 2.75) is 26.7 Å². The van der Waals surface area contributed by atoms with E-state index in [1.54, 1.807) is 4.90 Å². The smallest absolute Gasteiger partial charge is 0.257 e. The molecule has 1 saturated heterocycles. The quantitative estimate of drug-likeness (QED) is 0.780. The number of hydrogen-bond donors (Lipinski definition) is 0. The van der Waals surface area contributed by atoms with Crippen LogP contribution in [0.5, 0.6) is 0 Å². The third kappa shape index (κ3) is 3.24. The molecule has 104 valence electrons. The first kappa shape index (κ1) is 14.3. The van der Waals surface area contributed by atoms with E-state index in [-0.39, 0.29) is 16.6 Å². The van der Waals surface area contributed by atoms with Crippen LogP contribution in [0, 0.1) is 17.7 Å². The predicted molar refractivity (Wildman–Crippen MR) is 72.7 cm³/mol. The summed E-state index contributed by atoms with van der Waals surface area (Å²) in [6.45, 7) is 5.81. The Balaban J connectivity index is 2.07. The molecule has 1 aliphatic heterocycles. The zero-order valence-electron chi connectivity index (χ0n) is 11.2. The van der Waals surface area contributed by atoms with Crippen LogP contribution < -0.4 is 0 Å². The minimum atomic E-state index is -0.537. The Hall–Kier alpha value is -1.16. The molecule has 0 atom stereocenters. The molecule has 3 nitrogen and oxygen atoms in total. The van der Waals surface area contributed by atoms with Crippen molar-refractivity contribution >= 4 is 17.5 Å². The number of carbonyl (C=O) groups excluding carboxylic acids is 1. The van der Waals surface area contributed by atoms with Gasteiger partial charge in [0.2, 0.25) is 0 Å². The molecule has 0 bridgehead atoms. The molecule has 19 heavy (non-hydrogen) atoms. The zero-order valence-corrected chi connectivity index (χ0v) is 12.0. The Kier molecular flexibility index (Phi) is 4.40. The Bertz CT molecular complexity index is 471. The van der Waals surface area contributed by atoms with Crippen LogP contribution in [0.2, 0.25) is 5.15 Å². The van der Waals surface area contributed by atoms with Crippen molar-refractivity contribution in [2.24, 2.45) is 11.8 Å². The lowest BCUT2D eigenvalue weighted by Crippen LogP contribution is -2.39. The van der Waals surface area contributed by atoms with Crippen LogP contribution in [0.3, 0.4) is 0 Å². The van der Waals surface area contributed by atoms with Gasteiger partial charge in [-0.05, 0) is 30.7 Å². The molecule has 0 N–H and O–H groups in total. The van der Waals surface area contributed by atoms with Crippen LogP contribution in [0.15, 0.2) is 12.3 Å². The molecule has 1 fully saturated rings. The molecule has 0 unspecified atom stereocenters. The number of rotatable bonds is 2. The van der Waals surface area contributed by atoms with Crippen molar-refractivity contribution in [3.05, 3.63) is 28.8 Å². The van der Waals surface area contributed by atoms with Crippen LogP contribution in [0.1, 0.15) is 37.0 Å². The molecule has 1 aliphatic rings. The number of nitrogens with zero attached hydrogens (tertiary/aromatic N) is 2. The molecule has 1 aromatic rings. The summed E-state index contributed by atoms with van der Waals surface area (Å²) in [5, 5.41) is 0.0670. The summed E-state index contributed by atoms with van der Waals surface area (Å²) in [5.74, 6) is 0.533. The minimum absolute atomic E-state index is 0.0670. The summed E-state index contributed by atoms with van der Waals surface area (Å²) in [6.07, 6.45) is 3.00. The highest BCUT2D eigenvalue weighted by molar-refractivity contribution is 6.32. The van der Waals surface area contributed by atoms with Gasteiger partial charge in [0.15, 0.2) is 0 Å². The summed E-state index contributed by atoms with van der Waals surface area (Å²) < 4.78 is 13.2. The van der Waals surface area contributed by atoms with Gasteiger partial charge in [0.1, 0.15) is 11.0 Å². The first-order valence-electron chi connectivity index (χ1n) is 6.59. The molecule has 0 saturated carbocycles. The van der Waals surface area contributed by atoms with E-state index in [9.17, 15) is 9.18 Å². The maximum absolute atomic E-state index is 13.2. The summed E-state index contributed by atoms with van der Waals surface area (Å²) in [6, 6.07) is 1.16. The second kappa shape index (κ2) is 5.87. The van der Waals surface area contributed by atoms with Crippen molar-refractivity contribution in [3.8, 4) is 0 Å². The van der Waals surface area contributed by atoms with E-state index in [1.807, 2.05) is 0 Å². The maximum atomic E-state index is 13.2. The number of carbonyl (C=O) groups is 1. The highest BCUT2D eigenvalue weighted by Crippen LogP contribution is 2.26. The van der Waals surface area contributed by atoms with Gasteiger partial charge in [-0.1, -0.05) is 25.4 Å². The summed E-state index contributed by atoms with van der Waals surface area (Å²) >= 11 is 5.86. The van der Waals surface area contributed by atoms with E-state index in [0.29, 0.717) is 24.9 Å². The van der Waals surface area contributed by atoms with E-state index >= 15 is 0 Å². The molecular formula is C14H18ClFN2O. The molecule has 5 heteroatoms. The molecule has 2 heterocycles. The van der Waals surface area contributed by atoms with E-state index in [4.69, 9.17) is 11.6 Å². The lowest BCUT2D eigenvalue weighted by Gasteiger charge is -2.34. The Labute approximate surface area is 117 Å². The third-order valence-corrected chi connectivity index (χ3v) is 4.11. The molecule has 2 rings (SSSR count). The minimum Gasteiger partial charge on any atom is -0.339 e. The van der Waals surface area contributed by atoms with Gasteiger partial charge < -0.3 is 4.90 Å². The first-order chi connectivity index (χ1) is 8.99. The molecule has 1 amide bonds. The van der Waals surface area contributed by atoms with E-state index in [1.165, 1.54) is 0 Å². The van der Waals surface area contributed by atoms with E-state index in [0.717, 1.165) is 25.1 Å². The summed E-state index contributed by atoms with van der Waals surface area (Å²) in [5.41, 5.74) is 0.157. The average molecular weight is 285 g/mol. The van der Waals surface area contributed by atoms with E-state index < -0.39 is 5.82 Å². The largest absolute Gasteiger partial charge is 0.339 e. The van der Waals surface area contributed by atoms with Crippen molar-refractivity contribution < 1.29 is 9.18 Å². The van der Waals surface area contributed by atoms with Crippen LogP contribution in [-0.2, 0) is 0 Å². The Morgan fingerprint density at radius 1 is 1.47 bits per heavy atom. The van der Waals surface area contributed by atoms with Crippen LogP contribution >= 0.6 is 11.6 Å². The highest BCUT2D eigenvalue weighted by Gasteiger charge is 2.26. The number of piperidine rings is 1. The van der Waals surface area contributed by atoms with Gasteiger partial charge in [-0.15, -0.1) is 0 Å². The highest BCUT2D eigenvalue weighted by atomic mass is 35.5. The monoisotopic (exact) mass is 284 g/mol. The molecular weight excluding hydrogens is 267 g/mol. The van der Waals surface area contributed by atoms with Crippen molar-refractivity contribution in [2.75, 3.05) is 13.1 Å². The van der Waals surface area contributed by atoms with Crippen molar-refractivity contribution in [3.63, 3.8) is 0 Å². The standard InChI is InChI=1S/C14H18ClFN2O/c1-9(2)10-3-5-18(6-4-10)14(19)12-7-11(16)8-17-13(12)15/h7-10H,3-6H2,1-2H3. The van der Waals surface area contributed by atoms with Crippen LogP contribution in [0.25, 0.3) is 0 Å². The van der Waals surface area contributed by atoms with Gasteiger partial charge in [0.25, 0.3) is 5.91 Å². The predicted octanol–water partition coefficient (Wildman–Crippen LogP) is 3.38. The zero-order chi connectivity index (χ0) is 14.0. The fourth-order valence-electron chi connectivity index (χ4n) is 2.51. The van der Waals surface area contributed by atoms with Gasteiger partial charge in [0.05, 0.1) is 11.8 Å². The van der Waals surface area contributed by atoms with Gasteiger partial charge in [-0.25, -0.2) is 9.37 Å². The molecule has 1 aromatic heterocycles. The lowest BCUT2D eigenvalue weighted by atomic mass is 9.86. The Morgan fingerprint density at radius 2 is 2.11 bits per heavy atom. The van der Waals surface area contributed by atoms with Crippen molar-refractivity contribution in [1.29, 1.82) is 0 Å². The number of halogens is 2. The fourth-order valence-corrected chi connectivity index (χ4v) is 2.70. The second-order valence-corrected chi connectivity index (χ2v) is 5.72. The molecule has 0 radical (unpaired) electrons. The fraction of sp³-hybridized carbons (Fsp3) is 0.571. The molecule has 0 aliphatic carbocycles. The van der Waals surface area contributed by atoms with Gasteiger partial charge in [0, 0.05) is 13.1 Å². The van der Waals surface area contributed by atoms with Gasteiger partial charge in [-0.3, -0.25) is 4.79 Å². The summed E-state index contributed by atoms with van der Waals surface area (Å²) in [4.78, 5) is 17.7. The number of pyridine rings is 1. The summed E-state index contributed by atoms with van der Waals surface area (Å²) in [7, 11) is 0. The molecule has 0 spiro atoms. The number of aromatic nitrogens is 1. The lowest BCUT2D eigenvalue weighted by molar-refractivity contribution is 0.0667. The van der Waals surface area contributed by atoms with Gasteiger partial charge in [-0.2, -0.15) is 0 Å². The average Bonchev–Trinajstić information content (AvgIpc) is 2.41. The second-order valence-electron chi connectivity index (χ2n) is 5.37. The van der Waals surface area contributed by atoms with Crippen LogP contribution in [-0.4, -0.2) is 28.9 Å². The van der Waals surface area contributed by atoms with Gasteiger partial charge >= 0.3 is 0 Å². The maximum Gasteiger partial charge on any atom is 0.257 e. The SMILES string of the molecule is CC(C)C1CCN(C(=O)c2cc(F)cnc2Cl)CC1.